The van der Waals surface area contributed by atoms with Crippen LogP contribution in [0.2, 0.25) is 0 Å². The second kappa shape index (κ2) is 13.6. The number of piperidine rings is 1. The number of hydrogen-bond donors (Lipinski definition) is 3. The number of carbonyl (C=O) groups is 3. The molecule has 3 amide bonds. The van der Waals surface area contributed by atoms with Crippen LogP contribution < -0.4 is 16.0 Å². The summed E-state index contributed by atoms with van der Waals surface area (Å²) in [6.07, 6.45) is 2.25. The summed E-state index contributed by atoms with van der Waals surface area (Å²) in [6, 6.07) is 15.0. The molecule has 8 nitrogen and oxygen atoms in total. The van der Waals surface area contributed by atoms with Crippen LogP contribution in [0.4, 0.5) is 5.69 Å². The third-order valence-electron chi connectivity index (χ3n) is 6.17. The van der Waals surface area contributed by atoms with E-state index in [1.165, 1.54) is 5.56 Å². The molecule has 0 saturated carbocycles. The summed E-state index contributed by atoms with van der Waals surface area (Å²) in [5.41, 5.74) is 3.09. The molecule has 8 heteroatoms. The standard InChI is InChI=1S/C27H36N4O4/c1-20-8-10-21(11-9-20)18-29-27(34)23-6-3-4-7-24(23)30-25(32)19-31-15-12-22(13-16-31)26(33)28-14-5-17-35-2/h3-4,6-11,22H,5,12-19H2,1-2H3,(H,28,33)(H,29,34)(H,30,32). The minimum absolute atomic E-state index is 0.0187. The van der Waals surface area contributed by atoms with Crippen molar-refractivity contribution in [3.63, 3.8) is 0 Å². The molecule has 0 atom stereocenters. The molecular weight excluding hydrogens is 444 g/mol. The van der Waals surface area contributed by atoms with Crippen LogP contribution in [-0.2, 0) is 20.9 Å². The zero-order valence-electron chi connectivity index (χ0n) is 20.6. The molecule has 1 fully saturated rings. The van der Waals surface area contributed by atoms with Gasteiger partial charge in [-0.25, -0.2) is 0 Å². The molecule has 2 aromatic rings. The minimum Gasteiger partial charge on any atom is -0.385 e. The molecule has 2 aromatic carbocycles. The van der Waals surface area contributed by atoms with Crippen molar-refractivity contribution < 1.29 is 19.1 Å². The van der Waals surface area contributed by atoms with Crippen molar-refractivity contribution >= 4 is 23.4 Å². The number of hydrogen-bond acceptors (Lipinski definition) is 5. The number of anilines is 1. The molecule has 0 spiro atoms. The maximum atomic E-state index is 12.8. The Balaban J connectivity index is 1.45. The summed E-state index contributed by atoms with van der Waals surface area (Å²) in [4.78, 5) is 39.8. The van der Waals surface area contributed by atoms with Gasteiger partial charge in [0.2, 0.25) is 11.8 Å². The topological polar surface area (TPSA) is 99.8 Å². The molecular formula is C27H36N4O4. The van der Waals surface area contributed by atoms with E-state index in [1.54, 1.807) is 31.4 Å². The van der Waals surface area contributed by atoms with E-state index in [2.05, 4.69) is 16.0 Å². The molecule has 1 aliphatic heterocycles. The second-order valence-corrected chi connectivity index (χ2v) is 8.95. The fourth-order valence-corrected chi connectivity index (χ4v) is 4.09. The van der Waals surface area contributed by atoms with Crippen molar-refractivity contribution in [2.75, 3.05) is 45.2 Å². The highest BCUT2D eigenvalue weighted by Gasteiger charge is 2.26. The highest BCUT2D eigenvalue weighted by atomic mass is 16.5. The molecule has 1 aliphatic rings. The first-order chi connectivity index (χ1) is 17.0. The Bertz CT molecular complexity index is 985. The van der Waals surface area contributed by atoms with Crippen LogP contribution >= 0.6 is 0 Å². The van der Waals surface area contributed by atoms with Gasteiger partial charge in [-0.1, -0.05) is 42.0 Å². The normalized spacial score (nSPS) is 14.3. The van der Waals surface area contributed by atoms with E-state index in [4.69, 9.17) is 4.74 Å². The number of methoxy groups -OCH3 is 1. The zero-order valence-corrected chi connectivity index (χ0v) is 20.6. The Kier molecular flexibility index (Phi) is 10.3. The molecule has 1 heterocycles. The van der Waals surface area contributed by atoms with Crippen LogP contribution in [0.5, 0.6) is 0 Å². The van der Waals surface area contributed by atoms with Crippen LogP contribution in [0.25, 0.3) is 0 Å². The monoisotopic (exact) mass is 480 g/mol. The number of likely N-dealkylation sites (tertiary alicyclic amines) is 1. The number of aryl methyl sites for hydroxylation is 1. The van der Waals surface area contributed by atoms with Crippen LogP contribution in [0.3, 0.4) is 0 Å². The smallest absolute Gasteiger partial charge is 0.253 e. The Labute approximate surface area is 207 Å². The highest BCUT2D eigenvalue weighted by Crippen LogP contribution is 2.19. The molecule has 1 saturated heterocycles. The predicted octanol–water partition coefficient (Wildman–Crippen LogP) is 2.73. The SMILES string of the molecule is COCCCNC(=O)C1CCN(CC(=O)Nc2ccccc2C(=O)NCc2ccc(C)cc2)CC1. The quantitative estimate of drug-likeness (QED) is 0.430. The van der Waals surface area contributed by atoms with Crippen molar-refractivity contribution in [2.45, 2.75) is 32.7 Å². The van der Waals surface area contributed by atoms with Gasteiger partial charge in [0.25, 0.3) is 5.91 Å². The Morgan fingerprint density at radius 1 is 1.00 bits per heavy atom. The number of ether oxygens (including phenoxy) is 1. The molecule has 3 rings (SSSR count). The van der Waals surface area contributed by atoms with E-state index in [0.717, 1.165) is 24.8 Å². The molecule has 0 aliphatic carbocycles. The van der Waals surface area contributed by atoms with Crippen LogP contribution in [0.1, 0.15) is 40.7 Å². The van der Waals surface area contributed by atoms with Crippen molar-refractivity contribution in [3.8, 4) is 0 Å². The first-order valence-electron chi connectivity index (χ1n) is 12.2. The summed E-state index contributed by atoms with van der Waals surface area (Å²) in [5, 5.41) is 8.77. The number of carbonyl (C=O) groups excluding carboxylic acids is 3. The lowest BCUT2D eigenvalue weighted by molar-refractivity contribution is -0.126. The average molecular weight is 481 g/mol. The van der Waals surface area contributed by atoms with E-state index in [-0.39, 0.29) is 30.2 Å². The van der Waals surface area contributed by atoms with Crippen molar-refractivity contribution in [1.82, 2.24) is 15.5 Å². The van der Waals surface area contributed by atoms with E-state index in [0.29, 0.717) is 44.0 Å². The minimum atomic E-state index is -0.237. The van der Waals surface area contributed by atoms with Gasteiger partial charge in [-0.15, -0.1) is 0 Å². The number of nitrogens with one attached hydrogen (secondary N) is 3. The van der Waals surface area contributed by atoms with Gasteiger partial charge in [0, 0.05) is 32.7 Å². The fourth-order valence-electron chi connectivity index (χ4n) is 4.09. The van der Waals surface area contributed by atoms with E-state index < -0.39 is 0 Å². The Morgan fingerprint density at radius 3 is 2.43 bits per heavy atom. The number of rotatable bonds is 11. The third-order valence-corrected chi connectivity index (χ3v) is 6.17. The van der Waals surface area contributed by atoms with Crippen LogP contribution in [-0.4, -0.2) is 62.5 Å². The summed E-state index contributed by atoms with van der Waals surface area (Å²) in [5.74, 6) is -0.351. The van der Waals surface area contributed by atoms with Gasteiger partial charge >= 0.3 is 0 Å². The lowest BCUT2D eigenvalue weighted by Gasteiger charge is -2.30. The molecule has 0 unspecified atom stereocenters. The molecule has 3 N–H and O–H groups in total. The number of amides is 3. The molecule has 0 aromatic heterocycles. The largest absolute Gasteiger partial charge is 0.385 e. The lowest BCUT2D eigenvalue weighted by atomic mass is 9.96. The number of para-hydroxylation sites is 1. The van der Waals surface area contributed by atoms with Gasteiger partial charge in [0.15, 0.2) is 0 Å². The maximum absolute atomic E-state index is 12.8. The molecule has 0 bridgehead atoms. The Hall–Kier alpha value is -3.23. The average Bonchev–Trinajstić information content (AvgIpc) is 2.86. The van der Waals surface area contributed by atoms with Crippen LogP contribution in [0.15, 0.2) is 48.5 Å². The molecule has 0 radical (unpaired) electrons. The summed E-state index contributed by atoms with van der Waals surface area (Å²) >= 11 is 0. The van der Waals surface area contributed by atoms with E-state index >= 15 is 0 Å². The number of benzene rings is 2. The van der Waals surface area contributed by atoms with Crippen molar-refractivity contribution in [1.29, 1.82) is 0 Å². The predicted molar refractivity (Wildman–Crippen MR) is 136 cm³/mol. The lowest BCUT2D eigenvalue weighted by Crippen LogP contribution is -2.43. The van der Waals surface area contributed by atoms with Gasteiger partial charge in [-0.2, -0.15) is 0 Å². The highest BCUT2D eigenvalue weighted by molar-refractivity contribution is 6.04. The number of nitrogens with zero attached hydrogens (tertiary/aromatic N) is 1. The van der Waals surface area contributed by atoms with Gasteiger partial charge in [-0.05, 0) is 57.0 Å². The fraction of sp³-hybridized carbons (Fsp3) is 0.444. The molecule has 188 valence electrons. The second-order valence-electron chi connectivity index (χ2n) is 8.95. The summed E-state index contributed by atoms with van der Waals surface area (Å²) < 4.78 is 5.00. The zero-order chi connectivity index (χ0) is 25.0. The summed E-state index contributed by atoms with van der Waals surface area (Å²) in [6.45, 7) is 5.27. The van der Waals surface area contributed by atoms with E-state index in [1.807, 2.05) is 36.1 Å². The first kappa shape index (κ1) is 26.4. The van der Waals surface area contributed by atoms with Crippen molar-refractivity contribution in [2.24, 2.45) is 5.92 Å². The molecule has 35 heavy (non-hydrogen) atoms. The van der Waals surface area contributed by atoms with Gasteiger partial charge in [0.1, 0.15) is 0 Å². The van der Waals surface area contributed by atoms with Crippen molar-refractivity contribution in [3.05, 3.63) is 65.2 Å². The Morgan fingerprint density at radius 2 is 1.71 bits per heavy atom. The summed E-state index contributed by atoms with van der Waals surface area (Å²) in [7, 11) is 1.65. The van der Waals surface area contributed by atoms with Gasteiger partial charge in [0.05, 0.1) is 17.8 Å². The van der Waals surface area contributed by atoms with Crippen LogP contribution in [0, 0.1) is 12.8 Å². The van der Waals surface area contributed by atoms with Gasteiger partial charge in [-0.3, -0.25) is 19.3 Å². The van der Waals surface area contributed by atoms with Gasteiger partial charge < -0.3 is 20.7 Å². The third kappa shape index (κ3) is 8.49. The van der Waals surface area contributed by atoms with E-state index in [9.17, 15) is 14.4 Å². The first-order valence-corrected chi connectivity index (χ1v) is 12.2. The maximum Gasteiger partial charge on any atom is 0.253 e.